The van der Waals surface area contributed by atoms with Crippen LogP contribution in [0.15, 0.2) is 24.3 Å². The zero-order chi connectivity index (χ0) is 13.0. The van der Waals surface area contributed by atoms with E-state index < -0.39 is 0 Å². The quantitative estimate of drug-likeness (QED) is 0.883. The van der Waals surface area contributed by atoms with Crippen LogP contribution in [0.4, 0.5) is 4.39 Å². The van der Waals surface area contributed by atoms with Crippen LogP contribution in [-0.2, 0) is 0 Å². The highest BCUT2D eigenvalue weighted by atomic mass is 19.1. The van der Waals surface area contributed by atoms with Crippen LogP contribution in [0.25, 0.3) is 0 Å². The molecule has 1 unspecified atom stereocenters. The molecule has 0 radical (unpaired) electrons. The Morgan fingerprint density at radius 2 is 1.89 bits per heavy atom. The molecule has 3 heteroatoms. The molecule has 1 aliphatic heterocycles. The molecule has 1 atom stereocenters. The molecule has 2 rings (SSSR count). The molecule has 0 aliphatic carbocycles. The lowest BCUT2D eigenvalue weighted by Crippen LogP contribution is -2.45. The van der Waals surface area contributed by atoms with E-state index >= 15 is 0 Å². The Kier molecular flexibility index (Phi) is 4.72. The molecule has 1 saturated heterocycles. The number of hydrogen-bond acceptors (Lipinski definition) is 2. The van der Waals surface area contributed by atoms with E-state index in [1.807, 2.05) is 12.1 Å². The zero-order valence-corrected chi connectivity index (χ0v) is 11.3. The van der Waals surface area contributed by atoms with Gasteiger partial charge in [-0.05, 0) is 17.5 Å². The monoisotopic (exact) mass is 250 g/mol. The number of nitrogens with one attached hydrogen (secondary N) is 1. The van der Waals surface area contributed by atoms with Crippen LogP contribution in [0, 0.1) is 11.7 Å². The van der Waals surface area contributed by atoms with E-state index in [9.17, 15) is 4.39 Å². The molecule has 0 spiro atoms. The van der Waals surface area contributed by atoms with Crippen molar-refractivity contribution in [2.75, 3.05) is 32.7 Å². The number of nitrogens with zero attached hydrogens (tertiary/aromatic N) is 1. The van der Waals surface area contributed by atoms with Gasteiger partial charge in [-0.3, -0.25) is 0 Å². The third kappa shape index (κ3) is 3.30. The third-order valence-electron chi connectivity index (χ3n) is 3.77. The largest absolute Gasteiger partial charge is 0.314 e. The van der Waals surface area contributed by atoms with Gasteiger partial charge in [0.25, 0.3) is 0 Å². The minimum atomic E-state index is -0.0636. The summed E-state index contributed by atoms with van der Waals surface area (Å²) in [5, 5.41) is 3.35. The summed E-state index contributed by atoms with van der Waals surface area (Å²) in [6, 6.07) is 7.21. The van der Waals surface area contributed by atoms with Crippen molar-refractivity contribution in [3.63, 3.8) is 0 Å². The molecule has 100 valence electrons. The molecule has 0 aromatic heterocycles. The Bertz CT molecular complexity index is 373. The van der Waals surface area contributed by atoms with Crippen LogP contribution in [0.1, 0.15) is 25.3 Å². The average molecular weight is 250 g/mol. The van der Waals surface area contributed by atoms with Crippen molar-refractivity contribution in [1.82, 2.24) is 10.2 Å². The summed E-state index contributed by atoms with van der Waals surface area (Å²) >= 11 is 0. The van der Waals surface area contributed by atoms with Crippen molar-refractivity contribution in [2.24, 2.45) is 5.92 Å². The molecule has 1 aliphatic rings. The van der Waals surface area contributed by atoms with Gasteiger partial charge in [-0.1, -0.05) is 32.0 Å². The first-order chi connectivity index (χ1) is 8.68. The Labute approximate surface area is 109 Å². The van der Waals surface area contributed by atoms with E-state index in [4.69, 9.17) is 0 Å². The molecule has 1 N–H and O–H groups in total. The number of piperazine rings is 1. The molecular weight excluding hydrogens is 227 g/mol. The molecule has 1 aromatic rings. The lowest BCUT2D eigenvalue weighted by Gasteiger charge is -2.33. The Hall–Kier alpha value is -0.930. The van der Waals surface area contributed by atoms with Crippen molar-refractivity contribution in [2.45, 2.75) is 19.8 Å². The summed E-state index contributed by atoms with van der Waals surface area (Å²) in [6.45, 7) is 9.54. The fraction of sp³-hybridized carbons (Fsp3) is 0.600. The van der Waals surface area contributed by atoms with Crippen molar-refractivity contribution in [3.05, 3.63) is 35.6 Å². The van der Waals surface area contributed by atoms with Crippen molar-refractivity contribution < 1.29 is 4.39 Å². The van der Waals surface area contributed by atoms with Crippen molar-refractivity contribution in [1.29, 1.82) is 0 Å². The molecule has 0 amide bonds. The highest BCUT2D eigenvalue weighted by Gasteiger charge is 2.22. The van der Waals surface area contributed by atoms with E-state index in [1.54, 1.807) is 12.1 Å². The standard InChI is InChI=1S/C15H23FN2/c1-12(2)14(11-18-9-7-17-8-10-18)13-5-3-4-6-15(13)16/h3-6,12,14,17H,7-11H2,1-2H3. The Balaban J connectivity index is 2.10. The maximum Gasteiger partial charge on any atom is 0.126 e. The fourth-order valence-electron chi connectivity index (χ4n) is 2.62. The van der Waals surface area contributed by atoms with Gasteiger partial charge in [0.2, 0.25) is 0 Å². The van der Waals surface area contributed by atoms with E-state index in [0.29, 0.717) is 5.92 Å². The Morgan fingerprint density at radius 1 is 1.22 bits per heavy atom. The average Bonchev–Trinajstić information content (AvgIpc) is 2.38. The van der Waals surface area contributed by atoms with Gasteiger partial charge >= 0.3 is 0 Å². The lowest BCUT2D eigenvalue weighted by molar-refractivity contribution is 0.210. The third-order valence-corrected chi connectivity index (χ3v) is 3.77. The highest BCUT2D eigenvalue weighted by molar-refractivity contribution is 5.22. The first-order valence-corrected chi connectivity index (χ1v) is 6.86. The summed E-state index contributed by atoms with van der Waals surface area (Å²) in [5.74, 6) is 0.674. The molecule has 2 nitrogen and oxygen atoms in total. The van der Waals surface area contributed by atoms with Gasteiger partial charge in [-0.2, -0.15) is 0 Å². The topological polar surface area (TPSA) is 15.3 Å². The summed E-state index contributed by atoms with van der Waals surface area (Å²) in [6.07, 6.45) is 0. The van der Waals surface area contributed by atoms with E-state index in [1.165, 1.54) is 0 Å². The van der Waals surface area contributed by atoms with Crippen molar-refractivity contribution >= 4 is 0 Å². The van der Waals surface area contributed by atoms with Crippen LogP contribution in [0.3, 0.4) is 0 Å². The SMILES string of the molecule is CC(C)C(CN1CCNCC1)c1ccccc1F. The van der Waals surface area contributed by atoms with Crippen LogP contribution < -0.4 is 5.32 Å². The van der Waals surface area contributed by atoms with Gasteiger partial charge in [0.1, 0.15) is 5.82 Å². The molecule has 1 aromatic carbocycles. The second-order valence-electron chi connectivity index (χ2n) is 5.42. The fourth-order valence-corrected chi connectivity index (χ4v) is 2.62. The minimum absolute atomic E-state index is 0.0636. The minimum Gasteiger partial charge on any atom is -0.314 e. The highest BCUT2D eigenvalue weighted by Crippen LogP contribution is 2.27. The number of benzene rings is 1. The molecular formula is C15H23FN2. The summed E-state index contributed by atoms with van der Waals surface area (Å²) < 4.78 is 13.9. The van der Waals surface area contributed by atoms with Crippen LogP contribution in [0.2, 0.25) is 0 Å². The van der Waals surface area contributed by atoms with E-state index in [-0.39, 0.29) is 11.7 Å². The Morgan fingerprint density at radius 3 is 2.50 bits per heavy atom. The van der Waals surface area contributed by atoms with Gasteiger partial charge < -0.3 is 10.2 Å². The number of hydrogen-bond donors (Lipinski definition) is 1. The molecule has 0 saturated carbocycles. The second kappa shape index (κ2) is 6.30. The predicted octanol–water partition coefficient (Wildman–Crippen LogP) is 2.47. The normalized spacial score (nSPS) is 19.1. The maximum atomic E-state index is 13.9. The molecule has 18 heavy (non-hydrogen) atoms. The smallest absolute Gasteiger partial charge is 0.126 e. The molecule has 0 bridgehead atoms. The second-order valence-corrected chi connectivity index (χ2v) is 5.42. The molecule has 1 heterocycles. The first-order valence-electron chi connectivity index (χ1n) is 6.86. The zero-order valence-electron chi connectivity index (χ0n) is 11.3. The predicted molar refractivity (Wildman–Crippen MR) is 73.3 cm³/mol. The van der Waals surface area contributed by atoms with Crippen LogP contribution >= 0.6 is 0 Å². The van der Waals surface area contributed by atoms with E-state index in [0.717, 1.165) is 38.3 Å². The molecule has 1 fully saturated rings. The van der Waals surface area contributed by atoms with E-state index in [2.05, 4.69) is 24.1 Å². The van der Waals surface area contributed by atoms with Crippen LogP contribution in [-0.4, -0.2) is 37.6 Å². The number of halogens is 1. The van der Waals surface area contributed by atoms with Gasteiger partial charge in [-0.25, -0.2) is 4.39 Å². The maximum absolute atomic E-state index is 13.9. The van der Waals surface area contributed by atoms with Gasteiger partial charge in [-0.15, -0.1) is 0 Å². The van der Waals surface area contributed by atoms with Crippen LogP contribution in [0.5, 0.6) is 0 Å². The summed E-state index contributed by atoms with van der Waals surface area (Å²) in [7, 11) is 0. The van der Waals surface area contributed by atoms with Crippen molar-refractivity contribution in [3.8, 4) is 0 Å². The van der Waals surface area contributed by atoms with Gasteiger partial charge in [0, 0.05) is 38.6 Å². The van der Waals surface area contributed by atoms with Gasteiger partial charge in [0.15, 0.2) is 0 Å². The first kappa shape index (κ1) is 13.5. The lowest BCUT2D eigenvalue weighted by atomic mass is 9.87. The summed E-state index contributed by atoms with van der Waals surface area (Å²) in [5.41, 5.74) is 0.867. The number of rotatable bonds is 4. The van der Waals surface area contributed by atoms with Gasteiger partial charge in [0.05, 0.1) is 0 Å². The summed E-state index contributed by atoms with van der Waals surface area (Å²) in [4.78, 5) is 2.44.